The summed E-state index contributed by atoms with van der Waals surface area (Å²) in [5, 5.41) is 1.47. The molecule has 1 heterocycles. The number of nitrogens with one attached hydrogen (secondary N) is 2. The fourth-order valence-corrected chi connectivity index (χ4v) is 1.51. The van der Waals surface area contributed by atoms with E-state index in [1.807, 2.05) is 0 Å². The Kier molecular flexibility index (Phi) is 2.59. The Balaban J connectivity index is 2.75. The summed E-state index contributed by atoms with van der Waals surface area (Å²) >= 11 is 0. The van der Waals surface area contributed by atoms with Gasteiger partial charge in [-0.25, -0.2) is 0 Å². The Morgan fingerprint density at radius 2 is 2.25 bits per heavy atom. The van der Waals surface area contributed by atoms with Crippen molar-refractivity contribution < 1.29 is 14.3 Å². The number of hydrazine groups is 1. The molecule has 82 valence electrons. The Hall–Kier alpha value is -2.30. The fraction of sp³-hybridized carbons (Fsp3) is 0.0909. The van der Waals surface area contributed by atoms with Gasteiger partial charge < -0.3 is 10.2 Å². The van der Waals surface area contributed by atoms with E-state index in [0.717, 1.165) is 5.22 Å². The van der Waals surface area contributed by atoms with Crippen LogP contribution in [0.3, 0.4) is 0 Å². The minimum absolute atomic E-state index is 0.228. The van der Waals surface area contributed by atoms with E-state index in [-0.39, 0.29) is 12.0 Å². The molecular formula is C11H10N2O3. The van der Waals surface area contributed by atoms with Crippen LogP contribution >= 0.6 is 0 Å². The van der Waals surface area contributed by atoms with E-state index in [2.05, 4.69) is 10.9 Å². The first-order chi connectivity index (χ1) is 7.76. The second-order valence-corrected chi connectivity index (χ2v) is 3.22. The molecule has 1 aliphatic heterocycles. The third-order valence-corrected chi connectivity index (χ3v) is 2.31. The van der Waals surface area contributed by atoms with Gasteiger partial charge in [0.25, 0.3) is 0 Å². The van der Waals surface area contributed by atoms with Crippen molar-refractivity contribution in [3.05, 3.63) is 28.6 Å². The number of ketones is 1. The highest BCUT2D eigenvalue weighted by Gasteiger charge is 2.12. The number of ether oxygens (including phenoxy) is 1. The molecule has 0 fully saturated rings. The van der Waals surface area contributed by atoms with Crippen LogP contribution in [0, 0.1) is 0 Å². The third-order valence-electron chi connectivity index (χ3n) is 2.31. The highest BCUT2D eigenvalue weighted by Crippen LogP contribution is 2.02. The van der Waals surface area contributed by atoms with Crippen LogP contribution in [0.1, 0.15) is 0 Å². The molecule has 0 saturated carbocycles. The van der Waals surface area contributed by atoms with Crippen molar-refractivity contribution in [3.8, 4) is 5.75 Å². The van der Waals surface area contributed by atoms with Crippen LogP contribution in [-0.4, -0.2) is 19.2 Å². The highest BCUT2D eigenvalue weighted by molar-refractivity contribution is 6.43. The van der Waals surface area contributed by atoms with Crippen LogP contribution in [0.2, 0.25) is 0 Å². The van der Waals surface area contributed by atoms with Crippen molar-refractivity contribution in [2.75, 3.05) is 7.11 Å². The monoisotopic (exact) mass is 218 g/mol. The summed E-state index contributed by atoms with van der Waals surface area (Å²) in [4.78, 5) is 21.9. The SMILES string of the molecule is COc1ccc2c(c1)=C(C(=O)C=O)NNC=2. The molecule has 1 aromatic rings. The van der Waals surface area contributed by atoms with Gasteiger partial charge in [0.05, 0.1) is 7.11 Å². The van der Waals surface area contributed by atoms with Crippen molar-refractivity contribution >= 4 is 24.0 Å². The number of hydrogen-bond acceptors (Lipinski definition) is 5. The van der Waals surface area contributed by atoms with Gasteiger partial charge in [0.2, 0.25) is 5.78 Å². The number of benzene rings is 1. The molecule has 1 aromatic carbocycles. The first-order valence-corrected chi connectivity index (χ1v) is 4.66. The number of carbonyl (C=O) groups excluding carboxylic acids is 2. The van der Waals surface area contributed by atoms with Gasteiger partial charge >= 0.3 is 0 Å². The Labute approximate surface area is 91.4 Å². The van der Waals surface area contributed by atoms with Gasteiger partial charge in [-0.3, -0.25) is 15.0 Å². The number of methoxy groups -OCH3 is 1. The molecular weight excluding hydrogens is 208 g/mol. The molecule has 2 N–H and O–H groups in total. The predicted octanol–water partition coefficient (Wildman–Crippen LogP) is -1.58. The van der Waals surface area contributed by atoms with Crippen LogP contribution in [0.4, 0.5) is 0 Å². The molecule has 0 atom stereocenters. The summed E-state index contributed by atoms with van der Waals surface area (Å²) < 4.78 is 5.07. The van der Waals surface area contributed by atoms with Gasteiger partial charge in [-0.1, -0.05) is 0 Å². The zero-order valence-electron chi connectivity index (χ0n) is 8.61. The molecule has 5 heteroatoms. The first-order valence-electron chi connectivity index (χ1n) is 4.66. The summed E-state index contributed by atoms with van der Waals surface area (Å²) in [7, 11) is 1.54. The van der Waals surface area contributed by atoms with Crippen molar-refractivity contribution in [1.82, 2.24) is 10.9 Å². The molecule has 0 amide bonds. The van der Waals surface area contributed by atoms with Gasteiger partial charge in [0.1, 0.15) is 11.4 Å². The Morgan fingerprint density at radius 1 is 1.44 bits per heavy atom. The van der Waals surface area contributed by atoms with E-state index in [9.17, 15) is 9.59 Å². The van der Waals surface area contributed by atoms with E-state index in [1.54, 1.807) is 31.5 Å². The zero-order valence-corrected chi connectivity index (χ0v) is 8.61. The molecule has 5 nitrogen and oxygen atoms in total. The maximum absolute atomic E-state index is 11.4. The molecule has 1 aliphatic rings. The lowest BCUT2D eigenvalue weighted by molar-refractivity contribution is -0.126. The quantitative estimate of drug-likeness (QED) is 0.473. The summed E-state index contributed by atoms with van der Waals surface area (Å²) in [6.45, 7) is 0. The summed E-state index contributed by atoms with van der Waals surface area (Å²) in [6.07, 6.45) is 1.98. The lowest BCUT2D eigenvalue weighted by Gasteiger charge is -2.12. The third kappa shape index (κ3) is 1.63. The van der Waals surface area contributed by atoms with Crippen molar-refractivity contribution in [3.63, 3.8) is 0 Å². The molecule has 0 unspecified atom stereocenters. The minimum atomic E-state index is -0.602. The molecule has 16 heavy (non-hydrogen) atoms. The van der Waals surface area contributed by atoms with Crippen LogP contribution in [0.25, 0.3) is 11.9 Å². The lowest BCUT2D eigenvalue weighted by atomic mass is 10.1. The fourth-order valence-electron chi connectivity index (χ4n) is 1.51. The highest BCUT2D eigenvalue weighted by atomic mass is 16.5. The van der Waals surface area contributed by atoms with E-state index < -0.39 is 5.78 Å². The Morgan fingerprint density at radius 3 is 2.94 bits per heavy atom. The largest absolute Gasteiger partial charge is 0.497 e. The first kappa shape index (κ1) is 10.2. The standard InChI is InChI=1S/C11H10N2O3/c1-16-8-3-2-7-5-12-13-11(9(7)4-8)10(15)6-14/h2-6,12-13H,1H3. The zero-order chi connectivity index (χ0) is 11.5. The van der Waals surface area contributed by atoms with Crippen LogP contribution in [0.15, 0.2) is 18.2 Å². The van der Waals surface area contributed by atoms with E-state index >= 15 is 0 Å². The van der Waals surface area contributed by atoms with Gasteiger partial charge in [-0.15, -0.1) is 0 Å². The predicted molar refractivity (Wildman–Crippen MR) is 57.5 cm³/mol. The molecule has 0 spiro atoms. The minimum Gasteiger partial charge on any atom is -0.497 e. The summed E-state index contributed by atoms with van der Waals surface area (Å²) in [5.74, 6) is 0.0298. The van der Waals surface area contributed by atoms with Crippen LogP contribution in [-0.2, 0) is 9.59 Å². The maximum atomic E-state index is 11.4. The molecule has 2 rings (SSSR count). The van der Waals surface area contributed by atoms with Crippen molar-refractivity contribution in [2.24, 2.45) is 0 Å². The second kappa shape index (κ2) is 4.06. The molecule has 0 aromatic heterocycles. The van der Waals surface area contributed by atoms with E-state index in [4.69, 9.17) is 4.74 Å². The lowest BCUT2D eigenvalue weighted by Crippen LogP contribution is -2.45. The molecule has 0 aliphatic carbocycles. The maximum Gasteiger partial charge on any atom is 0.243 e. The van der Waals surface area contributed by atoms with E-state index in [1.165, 1.54) is 0 Å². The number of rotatable bonds is 3. The van der Waals surface area contributed by atoms with Crippen molar-refractivity contribution in [1.29, 1.82) is 0 Å². The number of aldehydes is 1. The van der Waals surface area contributed by atoms with Crippen LogP contribution in [0.5, 0.6) is 5.75 Å². The number of Topliss-reactive ketones (excluding diaryl/α,β-unsaturated/α-hetero) is 1. The molecule has 0 bridgehead atoms. The summed E-state index contributed by atoms with van der Waals surface area (Å²) in [6, 6.07) is 5.29. The average Bonchev–Trinajstić information content (AvgIpc) is 2.36. The van der Waals surface area contributed by atoms with Crippen molar-refractivity contribution in [2.45, 2.75) is 0 Å². The number of fused-ring (bicyclic) bond motifs is 1. The normalized spacial score (nSPS) is 12.7. The molecule has 0 radical (unpaired) electrons. The molecule has 0 saturated heterocycles. The topological polar surface area (TPSA) is 67.4 Å². The average molecular weight is 218 g/mol. The van der Waals surface area contributed by atoms with E-state index in [0.29, 0.717) is 11.0 Å². The number of hydrogen-bond donors (Lipinski definition) is 2. The smallest absolute Gasteiger partial charge is 0.243 e. The van der Waals surface area contributed by atoms with Gasteiger partial charge in [-0.2, -0.15) is 0 Å². The Bertz CT molecular complexity index is 563. The van der Waals surface area contributed by atoms with Gasteiger partial charge in [0.15, 0.2) is 6.29 Å². The summed E-state index contributed by atoms with van der Waals surface area (Å²) in [5.41, 5.74) is 5.59. The van der Waals surface area contributed by atoms with Crippen LogP contribution < -0.4 is 26.0 Å². The van der Waals surface area contributed by atoms with Gasteiger partial charge in [0, 0.05) is 16.6 Å². The van der Waals surface area contributed by atoms with Gasteiger partial charge in [-0.05, 0) is 18.2 Å². The second-order valence-electron chi connectivity index (χ2n) is 3.22. The number of carbonyl (C=O) groups is 2.